The summed E-state index contributed by atoms with van der Waals surface area (Å²) in [5.74, 6) is -0.221. The average molecular weight is 294 g/mol. The van der Waals surface area contributed by atoms with Crippen molar-refractivity contribution >= 4 is 5.91 Å². The lowest BCUT2D eigenvalue weighted by atomic mass is 9.87. The molecule has 0 aromatic heterocycles. The van der Waals surface area contributed by atoms with Crippen LogP contribution in [-0.2, 0) is 16.0 Å². The SMILES string of the molecule is COCCNC(=O)[C@@]1(Cc2ccc(F)cc2)CCCN1C. The minimum atomic E-state index is -0.536. The molecule has 1 saturated heterocycles. The van der Waals surface area contributed by atoms with Crippen LogP contribution in [0.3, 0.4) is 0 Å². The van der Waals surface area contributed by atoms with E-state index in [9.17, 15) is 9.18 Å². The minimum absolute atomic E-state index is 0.0314. The number of likely N-dealkylation sites (N-methyl/N-ethyl adjacent to an activating group) is 1. The van der Waals surface area contributed by atoms with E-state index >= 15 is 0 Å². The van der Waals surface area contributed by atoms with Gasteiger partial charge in [0.1, 0.15) is 11.4 Å². The van der Waals surface area contributed by atoms with Gasteiger partial charge in [0.25, 0.3) is 0 Å². The molecule has 0 radical (unpaired) electrons. The van der Waals surface area contributed by atoms with Crippen LogP contribution < -0.4 is 5.32 Å². The van der Waals surface area contributed by atoms with E-state index in [-0.39, 0.29) is 11.7 Å². The Hall–Kier alpha value is -1.46. The van der Waals surface area contributed by atoms with Crippen LogP contribution in [-0.4, -0.2) is 50.2 Å². The first-order valence-corrected chi connectivity index (χ1v) is 7.31. The third kappa shape index (κ3) is 3.60. The lowest BCUT2D eigenvalue weighted by molar-refractivity contribution is -0.131. The van der Waals surface area contributed by atoms with E-state index in [1.807, 2.05) is 7.05 Å². The second kappa shape index (κ2) is 7.00. The predicted molar refractivity (Wildman–Crippen MR) is 79.6 cm³/mol. The fourth-order valence-electron chi connectivity index (χ4n) is 2.98. The molecule has 116 valence electrons. The van der Waals surface area contributed by atoms with Crippen LogP contribution in [0.25, 0.3) is 0 Å². The summed E-state index contributed by atoms with van der Waals surface area (Å²) in [6.07, 6.45) is 2.41. The molecule has 2 rings (SSSR count). The fraction of sp³-hybridized carbons (Fsp3) is 0.562. The molecule has 0 aliphatic carbocycles. The van der Waals surface area contributed by atoms with Crippen molar-refractivity contribution in [3.63, 3.8) is 0 Å². The number of amides is 1. The van der Waals surface area contributed by atoms with Gasteiger partial charge < -0.3 is 10.1 Å². The molecule has 1 amide bonds. The summed E-state index contributed by atoms with van der Waals surface area (Å²) >= 11 is 0. The third-order valence-corrected chi connectivity index (χ3v) is 4.24. The topological polar surface area (TPSA) is 41.6 Å². The largest absolute Gasteiger partial charge is 0.383 e. The first kappa shape index (κ1) is 15.9. The monoisotopic (exact) mass is 294 g/mol. The average Bonchev–Trinajstić information content (AvgIpc) is 2.84. The maximum atomic E-state index is 13.0. The molecule has 0 spiro atoms. The molecule has 0 bridgehead atoms. The number of nitrogens with one attached hydrogen (secondary N) is 1. The number of benzene rings is 1. The van der Waals surface area contributed by atoms with Gasteiger partial charge in [-0.05, 0) is 50.6 Å². The van der Waals surface area contributed by atoms with Gasteiger partial charge in [-0.1, -0.05) is 12.1 Å². The van der Waals surface area contributed by atoms with Crippen molar-refractivity contribution in [2.24, 2.45) is 0 Å². The van der Waals surface area contributed by atoms with Crippen LogP contribution in [0.5, 0.6) is 0 Å². The summed E-state index contributed by atoms with van der Waals surface area (Å²) < 4.78 is 18.0. The van der Waals surface area contributed by atoms with E-state index in [0.717, 1.165) is 24.9 Å². The molecule has 0 unspecified atom stereocenters. The van der Waals surface area contributed by atoms with Gasteiger partial charge in [-0.15, -0.1) is 0 Å². The maximum absolute atomic E-state index is 13.0. The molecule has 0 saturated carbocycles. The van der Waals surface area contributed by atoms with Gasteiger partial charge in [0.2, 0.25) is 5.91 Å². The van der Waals surface area contributed by atoms with Crippen LogP contribution in [0, 0.1) is 5.82 Å². The first-order chi connectivity index (χ1) is 10.1. The van der Waals surface area contributed by atoms with Crippen LogP contribution in [0.4, 0.5) is 4.39 Å². The van der Waals surface area contributed by atoms with Crippen molar-refractivity contribution in [3.8, 4) is 0 Å². The molecular formula is C16H23FN2O2. The van der Waals surface area contributed by atoms with Crippen molar-refractivity contribution in [1.82, 2.24) is 10.2 Å². The number of rotatable bonds is 6. The van der Waals surface area contributed by atoms with E-state index in [4.69, 9.17) is 4.74 Å². The quantitative estimate of drug-likeness (QED) is 0.810. The Balaban J connectivity index is 2.13. The van der Waals surface area contributed by atoms with Gasteiger partial charge in [0, 0.05) is 13.7 Å². The highest BCUT2D eigenvalue weighted by Gasteiger charge is 2.45. The Kier molecular flexibility index (Phi) is 5.31. The van der Waals surface area contributed by atoms with Gasteiger partial charge in [0.15, 0.2) is 0 Å². The van der Waals surface area contributed by atoms with Crippen LogP contribution in [0.1, 0.15) is 18.4 Å². The van der Waals surface area contributed by atoms with Gasteiger partial charge in [0.05, 0.1) is 6.61 Å². The Bertz CT molecular complexity index is 478. The molecule has 1 aliphatic rings. The molecule has 1 aliphatic heterocycles. The summed E-state index contributed by atoms with van der Waals surface area (Å²) in [5, 5.41) is 2.95. The molecule has 1 fully saturated rings. The first-order valence-electron chi connectivity index (χ1n) is 7.31. The number of carbonyl (C=O) groups is 1. The zero-order valence-corrected chi connectivity index (χ0v) is 12.7. The predicted octanol–water partition coefficient (Wildman–Crippen LogP) is 1.60. The number of nitrogens with zero attached hydrogens (tertiary/aromatic N) is 1. The molecule has 1 aromatic rings. The summed E-state index contributed by atoms with van der Waals surface area (Å²) in [6.45, 7) is 1.91. The highest BCUT2D eigenvalue weighted by molar-refractivity contribution is 5.87. The second-order valence-corrected chi connectivity index (χ2v) is 5.61. The molecule has 5 heteroatoms. The smallest absolute Gasteiger partial charge is 0.240 e. The summed E-state index contributed by atoms with van der Waals surface area (Å²) in [6, 6.07) is 6.40. The molecule has 1 aromatic carbocycles. The molecule has 1 N–H and O–H groups in total. The van der Waals surface area contributed by atoms with Crippen LogP contribution in [0.15, 0.2) is 24.3 Å². The van der Waals surface area contributed by atoms with Gasteiger partial charge in [-0.3, -0.25) is 9.69 Å². The Labute approximate surface area is 125 Å². The number of halogens is 1. The number of ether oxygens (including phenoxy) is 1. The number of hydrogen-bond donors (Lipinski definition) is 1. The second-order valence-electron chi connectivity index (χ2n) is 5.61. The van der Waals surface area contributed by atoms with E-state index < -0.39 is 5.54 Å². The summed E-state index contributed by atoms with van der Waals surface area (Å²) in [4.78, 5) is 14.8. The maximum Gasteiger partial charge on any atom is 0.240 e. The Morgan fingerprint density at radius 2 is 2.14 bits per heavy atom. The molecular weight excluding hydrogens is 271 g/mol. The highest BCUT2D eigenvalue weighted by Crippen LogP contribution is 2.31. The Morgan fingerprint density at radius 1 is 1.43 bits per heavy atom. The molecule has 4 nitrogen and oxygen atoms in total. The van der Waals surface area contributed by atoms with E-state index in [0.29, 0.717) is 19.6 Å². The van der Waals surface area contributed by atoms with Crippen LogP contribution in [0.2, 0.25) is 0 Å². The number of methoxy groups -OCH3 is 1. The number of hydrogen-bond acceptors (Lipinski definition) is 3. The fourth-order valence-corrected chi connectivity index (χ4v) is 2.98. The zero-order chi connectivity index (χ0) is 15.3. The minimum Gasteiger partial charge on any atom is -0.383 e. The van der Waals surface area contributed by atoms with Crippen molar-refractivity contribution in [2.75, 3.05) is 33.9 Å². The standard InChI is InChI=1S/C16H23FN2O2/c1-19-10-3-8-16(19,15(20)18-9-11-21-2)12-13-4-6-14(17)7-5-13/h4-7H,3,8-12H2,1-2H3,(H,18,20)/t16-/m0/s1. The van der Waals surface area contributed by atoms with Crippen molar-refractivity contribution in [1.29, 1.82) is 0 Å². The third-order valence-electron chi connectivity index (χ3n) is 4.24. The van der Waals surface area contributed by atoms with Crippen LogP contribution >= 0.6 is 0 Å². The van der Waals surface area contributed by atoms with Gasteiger partial charge >= 0.3 is 0 Å². The van der Waals surface area contributed by atoms with Gasteiger partial charge in [-0.25, -0.2) is 4.39 Å². The normalized spacial score (nSPS) is 22.4. The molecule has 1 atom stereocenters. The highest BCUT2D eigenvalue weighted by atomic mass is 19.1. The molecule has 21 heavy (non-hydrogen) atoms. The lowest BCUT2D eigenvalue weighted by Gasteiger charge is -2.35. The summed E-state index contributed by atoms with van der Waals surface area (Å²) in [7, 11) is 3.59. The summed E-state index contributed by atoms with van der Waals surface area (Å²) in [5.41, 5.74) is 0.443. The zero-order valence-electron chi connectivity index (χ0n) is 12.7. The van der Waals surface area contributed by atoms with Crippen molar-refractivity contribution < 1.29 is 13.9 Å². The lowest BCUT2D eigenvalue weighted by Crippen LogP contribution is -2.56. The van der Waals surface area contributed by atoms with Crippen molar-refractivity contribution in [2.45, 2.75) is 24.8 Å². The molecule has 1 heterocycles. The van der Waals surface area contributed by atoms with Gasteiger partial charge in [-0.2, -0.15) is 0 Å². The number of likely N-dealkylation sites (tertiary alicyclic amines) is 1. The van der Waals surface area contributed by atoms with E-state index in [1.165, 1.54) is 12.1 Å². The van der Waals surface area contributed by atoms with E-state index in [1.54, 1.807) is 19.2 Å². The number of carbonyl (C=O) groups excluding carboxylic acids is 1. The van der Waals surface area contributed by atoms with Crippen molar-refractivity contribution in [3.05, 3.63) is 35.6 Å². The Morgan fingerprint density at radius 3 is 2.71 bits per heavy atom. The van der Waals surface area contributed by atoms with E-state index in [2.05, 4.69) is 10.2 Å².